The molecule has 1 fully saturated rings. The van der Waals surface area contributed by atoms with Crippen LogP contribution in [0.5, 0.6) is 0 Å². The number of rotatable bonds is 0. The summed E-state index contributed by atoms with van der Waals surface area (Å²) >= 11 is 1.75. The van der Waals surface area contributed by atoms with Crippen LogP contribution in [0.25, 0.3) is 0 Å². The Kier molecular flexibility index (Phi) is 2.41. The van der Waals surface area contributed by atoms with E-state index in [1.165, 1.54) is 42.8 Å². The Morgan fingerprint density at radius 3 is 2.81 bits per heavy atom. The number of nitrogens with one attached hydrogen (secondary N) is 1. The highest BCUT2D eigenvalue weighted by Gasteiger charge is 2.39. The van der Waals surface area contributed by atoms with Gasteiger partial charge in [-0.25, -0.2) is 0 Å². The van der Waals surface area contributed by atoms with Crippen LogP contribution in [-0.2, 0) is 6.42 Å². The molecule has 86 valence electrons. The maximum absolute atomic E-state index is 8.20. The Hall–Kier alpha value is -0.670. The fourth-order valence-electron chi connectivity index (χ4n) is 3.11. The smallest absolute Gasteiger partial charge is 0.0510 e. The van der Waals surface area contributed by atoms with Gasteiger partial charge in [-0.2, -0.15) is 0 Å². The molecule has 0 saturated carbocycles. The molecular weight excluding hydrogens is 216 g/mol. The van der Waals surface area contributed by atoms with E-state index in [-0.39, 0.29) is 0 Å². The molecule has 0 unspecified atom stereocenters. The molecule has 1 aliphatic carbocycles. The Morgan fingerprint density at radius 1 is 1.31 bits per heavy atom. The topological polar surface area (TPSA) is 27.1 Å². The highest BCUT2D eigenvalue weighted by atomic mass is 32.1. The molecule has 1 spiro atoms. The minimum atomic E-state index is 0.414. The molecule has 3 heteroatoms. The standard InChI is InChI=1S/C13H18N2S/c1-15-5-3-13(4-6-15)8-10-2-7-16-12(10)11(14)9-13/h2,7,14H,3-6,8-9H2,1H3. The summed E-state index contributed by atoms with van der Waals surface area (Å²) in [6.45, 7) is 2.40. The highest BCUT2D eigenvalue weighted by Crippen LogP contribution is 2.44. The summed E-state index contributed by atoms with van der Waals surface area (Å²) in [6, 6.07) is 2.23. The van der Waals surface area contributed by atoms with E-state index in [1.54, 1.807) is 11.3 Å². The van der Waals surface area contributed by atoms with E-state index in [0.29, 0.717) is 5.41 Å². The van der Waals surface area contributed by atoms with Crippen LogP contribution in [0.2, 0.25) is 0 Å². The molecule has 0 atom stereocenters. The van der Waals surface area contributed by atoms with Gasteiger partial charge in [-0.15, -0.1) is 11.3 Å². The molecule has 2 heterocycles. The summed E-state index contributed by atoms with van der Waals surface area (Å²) in [5.74, 6) is 0. The number of thiophene rings is 1. The van der Waals surface area contributed by atoms with Gasteiger partial charge in [0.2, 0.25) is 0 Å². The third-order valence-electron chi connectivity index (χ3n) is 4.19. The quantitative estimate of drug-likeness (QED) is 0.734. The van der Waals surface area contributed by atoms with E-state index < -0.39 is 0 Å². The van der Waals surface area contributed by atoms with Crippen molar-refractivity contribution >= 4 is 17.0 Å². The van der Waals surface area contributed by atoms with E-state index in [2.05, 4.69) is 23.4 Å². The average molecular weight is 234 g/mol. The maximum atomic E-state index is 8.20. The largest absolute Gasteiger partial charge is 0.306 e. The van der Waals surface area contributed by atoms with E-state index in [1.807, 2.05) is 0 Å². The van der Waals surface area contributed by atoms with E-state index in [4.69, 9.17) is 5.41 Å². The molecule has 1 aliphatic heterocycles. The molecule has 1 N–H and O–H groups in total. The summed E-state index contributed by atoms with van der Waals surface area (Å²) in [7, 11) is 2.21. The number of piperidine rings is 1. The maximum Gasteiger partial charge on any atom is 0.0510 e. The zero-order valence-corrected chi connectivity index (χ0v) is 10.6. The SMILES string of the molecule is CN1CCC2(CC1)CC(=N)c1sccc1C2. The Labute approximate surface area is 101 Å². The molecular formula is C13H18N2S. The predicted molar refractivity (Wildman–Crippen MR) is 68.6 cm³/mol. The zero-order valence-electron chi connectivity index (χ0n) is 9.75. The van der Waals surface area contributed by atoms with Crippen LogP contribution in [0.1, 0.15) is 29.7 Å². The van der Waals surface area contributed by atoms with Gasteiger partial charge >= 0.3 is 0 Å². The Balaban J connectivity index is 1.88. The molecule has 16 heavy (non-hydrogen) atoms. The third kappa shape index (κ3) is 1.62. The summed E-state index contributed by atoms with van der Waals surface area (Å²) in [5, 5.41) is 10.3. The average Bonchev–Trinajstić information content (AvgIpc) is 2.71. The molecule has 0 aromatic carbocycles. The van der Waals surface area contributed by atoms with Gasteiger partial charge in [-0.05, 0) is 68.2 Å². The molecule has 1 saturated heterocycles. The van der Waals surface area contributed by atoms with Gasteiger partial charge in [0, 0.05) is 5.71 Å². The number of likely N-dealkylation sites (tertiary alicyclic amines) is 1. The first-order valence-corrected chi connectivity index (χ1v) is 6.89. The summed E-state index contributed by atoms with van der Waals surface area (Å²) in [4.78, 5) is 3.67. The fourth-order valence-corrected chi connectivity index (χ4v) is 3.98. The normalized spacial score (nSPS) is 24.7. The fraction of sp³-hybridized carbons (Fsp3) is 0.615. The van der Waals surface area contributed by atoms with Crippen molar-refractivity contribution in [2.24, 2.45) is 5.41 Å². The summed E-state index contributed by atoms with van der Waals surface area (Å²) in [6.07, 6.45) is 4.75. The van der Waals surface area contributed by atoms with Gasteiger partial charge in [0.05, 0.1) is 4.88 Å². The van der Waals surface area contributed by atoms with Crippen LogP contribution < -0.4 is 0 Å². The van der Waals surface area contributed by atoms with Crippen molar-refractivity contribution in [3.63, 3.8) is 0 Å². The molecule has 0 bridgehead atoms. The first-order valence-electron chi connectivity index (χ1n) is 6.01. The molecule has 0 amide bonds. The van der Waals surface area contributed by atoms with Crippen LogP contribution in [-0.4, -0.2) is 30.7 Å². The number of fused-ring (bicyclic) bond motifs is 1. The number of nitrogens with zero attached hydrogens (tertiary/aromatic N) is 1. The lowest BCUT2D eigenvalue weighted by atomic mass is 9.67. The van der Waals surface area contributed by atoms with Gasteiger partial charge < -0.3 is 10.3 Å². The van der Waals surface area contributed by atoms with Gasteiger partial charge in [0.1, 0.15) is 0 Å². The Morgan fingerprint density at radius 2 is 2.06 bits per heavy atom. The van der Waals surface area contributed by atoms with Crippen molar-refractivity contribution in [3.05, 3.63) is 21.9 Å². The van der Waals surface area contributed by atoms with Crippen LogP contribution in [0, 0.1) is 10.8 Å². The minimum Gasteiger partial charge on any atom is -0.306 e. The van der Waals surface area contributed by atoms with Crippen molar-refractivity contribution in [1.82, 2.24) is 4.90 Å². The van der Waals surface area contributed by atoms with Crippen LogP contribution >= 0.6 is 11.3 Å². The first-order chi connectivity index (χ1) is 7.69. The van der Waals surface area contributed by atoms with Crippen molar-refractivity contribution in [2.75, 3.05) is 20.1 Å². The lowest BCUT2D eigenvalue weighted by Gasteiger charge is -2.43. The molecule has 3 rings (SSSR count). The first kappa shape index (κ1) is 10.5. The van der Waals surface area contributed by atoms with Gasteiger partial charge in [-0.1, -0.05) is 0 Å². The molecule has 1 aromatic rings. The second-order valence-electron chi connectivity index (χ2n) is 5.41. The van der Waals surface area contributed by atoms with E-state index in [9.17, 15) is 0 Å². The van der Waals surface area contributed by atoms with Crippen molar-refractivity contribution < 1.29 is 0 Å². The second kappa shape index (κ2) is 3.67. The third-order valence-corrected chi connectivity index (χ3v) is 5.20. The second-order valence-corrected chi connectivity index (χ2v) is 6.33. The minimum absolute atomic E-state index is 0.414. The number of hydrogen-bond acceptors (Lipinski definition) is 3. The van der Waals surface area contributed by atoms with Crippen molar-refractivity contribution in [2.45, 2.75) is 25.7 Å². The van der Waals surface area contributed by atoms with Gasteiger partial charge in [0.15, 0.2) is 0 Å². The molecule has 1 aromatic heterocycles. The van der Waals surface area contributed by atoms with Crippen molar-refractivity contribution in [3.8, 4) is 0 Å². The van der Waals surface area contributed by atoms with Crippen LogP contribution in [0.15, 0.2) is 11.4 Å². The van der Waals surface area contributed by atoms with Crippen LogP contribution in [0.4, 0.5) is 0 Å². The monoisotopic (exact) mass is 234 g/mol. The summed E-state index contributed by atoms with van der Waals surface area (Å²) < 4.78 is 0. The van der Waals surface area contributed by atoms with E-state index >= 15 is 0 Å². The number of hydrogen-bond donors (Lipinski definition) is 1. The van der Waals surface area contributed by atoms with Crippen molar-refractivity contribution in [1.29, 1.82) is 5.41 Å². The van der Waals surface area contributed by atoms with Gasteiger partial charge in [-0.3, -0.25) is 0 Å². The van der Waals surface area contributed by atoms with E-state index in [0.717, 1.165) is 12.1 Å². The lowest BCUT2D eigenvalue weighted by molar-refractivity contribution is 0.126. The Bertz CT molecular complexity index is 413. The van der Waals surface area contributed by atoms with Crippen LogP contribution in [0.3, 0.4) is 0 Å². The molecule has 2 nitrogen and oxygen atoms in total. The lowest BCUT2D eigenvalue weighted by Crippen LogP contribution is -2.42. The summed E-state index contributed by atoms with van der Waals surface area (Å²) in [5.41, 5.74) is 2.74. The molecule has 0 radical (unpaired) electrons. The predicted octanol–water partition coefficient (Wildman–Crippen LogP) is 2.77. The van der Waals surface area contributed by atoms with Gasteiger partial charge in [0.25, 0.3) is 0 Å². The highest BCUT2D eigenvalue weighted by molar-refractivity contribution is 7.12. The zero-order chi connectivity index (χ0) is 11.2. The molecule has 2 aliphatic rings.